The van der Waals surface area contributed by atoms with Crippen molar-refractivity contribution in [3.05, 3.63) is 34.1 Å². The number of anilines is 1. The minimum absolute atomic E-state index is 0.0855. The summed E-state index contributed by atoms with van der Waals surface area (Å²) < 4.78 is 13.7. The van der Waals surface area contributed by atoms with E-state index in [9.17, 15) is 14.5 Å². The summed E-state index contributed by atoms with van der Waals surface area (Å²) in [7, 11) is 0. The second-order valence-electron chi connectivity index (χ2n) is 5.13. The van der Waals surface area contributed by atoms with Crippen molar-refractivity contribution in [2.45, 2.75) is 32.2 Å². The lowest BCUT2D eigenvalue weighted by Crippen LogP contribution is -2.26. The van der Waals surface area contributed by atoms with E-state index in [0.717, 1.165) is 45.0 Å². The van der Waals surface area contributed by atoms with E-state index in [1.165, 1.54) is 12.1 Å². The SMILES string of the molecule is CCN1CCCC(Nc2cc([N+](=O)[O-])ccc2F)CC1. The average molecular weight is 281 g/mol. The molecule has 0 bridgehead atoms. The summed E-state index contributed by atoms with van der Waals surface area (Å²) in [4.78, 5) is 12.6. The molecule has 0 amide bonds. The number of hydrogen-bond donors (Lipinski definition) is 1. The fourth-order valence-corrected chi connectivity index (χ4v) is 2.57. The zero-order valence-electron chi connectivity index (χ0n) is 11.6. The number of hydrogen-bond acceptors (Lipinski definition) is 4. The number of nitrogens with zero attached hydrogens (tertiary/aromatic N) is 2. The molecule has 2 rings (SSSR count). The second-order valence-corrected chi connectivity index (χ2v) is 5.13. The third-order valence-electron chi connectivity index (χ3n) is 3.79. The summed E-state index contributed by atoms with van der Waals surface area (Å²) in [6.45, 7) is 5.20. The summed E-state index contributed by atoms with van der Waals surface area (Å²) in [6.07, 6.45) is 2.94. The normalized spacial score (nSPS) is 20.4. The average Bonchev–Trinajstić information content (AvgIpc) is 2.66. The fraction of sp³-hybridized carbons (Fsp3) is 0.571. The molecule has 1 atom stereocenters. The van der Waals surface area contributed by atoms with Gasteiger partial charge in [0.2, 0.25) is 0 Å². The predicted molar refractivity (Wildman–Crippen MR) is 76.4 cm³/mol. The molecule has 1 aliphatic rings. The van der Waals surface area contributed by atoms with Gasteiger partial charge in [-0.2, -0.15) is 0 Å². The molecule has 0 aromatic heterocycles. The highest BCUT2D eigenvalue weighted by Crippen LogP contribution is 2.24. The molecule has 0 radical (unpaired) electrons. The van der Waals surface area contributed by atoms with E-state index < -0.39 is 10.7 Å². The van der Waals surface area contributed by atoms with Crippen LogP contribution in [-0.4, -0.2) is 35.5 Å². The van der Waals surface area contributed by atoms with Crippen LogP contribution >= 0.6 is 0 Å². The zero-order chi connectivity index (χ0) is 14.5. The van der Waals surface area contributed by atoms with E-state index in [1.54, 1.807) is 0 Å². The molecular formula is C14H20FN3O2. The second kappa shape index (κ2) is 6.65. The lowest BCUT2D eigenvalue weighted by atomic mass is 10.1. The molecule has 20 heavy (non-hydrogen) atoms. The quantitative estimate of drug-likeness (QED) is 0.681. The third-order valence-corrected chi connectivity index (χ3v) is 3.79. The van der Waals surface area contributed by atoms with Gasteiger partial charge in [0.25, 0.3) is 5.69 Å². The van der Waals surface area contributed by atoms with Crippen molar-refractivity contribution in [1.82, 2.24) is 4.90 Å². The standard InChI is InChI=1S/C14H20FN3O2/c1-2-17-8-3-4-11(7-9-17)16-14-10-12(18(19)20)5-6-13(14)15/h5-6,10-11,16H,2-4,7-9H2,1H3. The smallest absolute Gasteiger partial charge is 0.271 e. The molecule has 1 unspecified atom stereocenters. The summed E-state index contributed by atoms with van der Waals surface area (Å²) in [5.74, 6) is -0.438. The number of benzene rings is 1. The van der Waals surface area contributed by atoms with E-state index >= 15 is 0 Å². The maximum atomic E-state index is 13.7. The molecule has 1 aromatic rings. The molecule has 6 heteroatoms. The lowest BCUT2D eigenvalue weighted by Gasteiger charge is -2.19. The van der Waals surface area contributed by atoms with Crippen LogP contribution in [0.2, 0.25) is 0 Å². The minimum atomic E-state index is -0.503. The van der Waals surface area contributed by atoms with Gasteiger partial charge in [-0.1, -0.05) is 6.92 Å². The highest BCUT2D eigenvalue weighted by Gasteiger charge is 2.18. The van der Waals surface area contributed by atoms with Crippen LogP contribution in [0.3, 0.4) is 0 Å². The molecule has 110 valence electrons. The van der Waals surface area contributed by atoms with Crippen LogP contribution in [0.5, 0.6) is 0 Å². The van der Waals surface area contributed by atoms with Gasteiger partial charge in [0, 0.05) is 24.7 Å². The molecular weight excluding hydrogens is 261 g/mol. The summed E-state index contributed by atoms with van der Waals surface area (Å²) in [5.41, 5.74) is 0.145. The van der Waals surface area contributed by atoms with Gasteiger partial charge in [-0.15, -0.1) is 0 Å². The van der Waals surface area contributed by atoms with Crippen LogP contribution in [0.4, 0.5) is 15.8 Å². The largest absolute Gasteiger partial charge is 0.380 e. The van der Waals surface area contributed by atoms with Gasteiger partial charge in [-0.3, -0.25) is 10.1 Å². The van der Waals surface area contributed by atoms with Crippen LogP contribution < -0.4 is 5.32 Å². The highest BCUT2D eigenvalue weighted by atomic mass is 19.1. The topological polar surface area (TPSA) is 58.4 Å². The number of halogens is 1. The summed E-state index contributed by atoms with van der Waals surface area (Å²) in [5, 5.41) is 13.9. The van der Waals surface area contributed by atoms with Crippen LogP contribution in [0.25, 0.3) is 0 Å². The molecule has 0 saturated carbocycles. The molecule has 1 fully saturated rings. The first-order valence-corrected chi connectivity index (χ1v) is 7.03. The maximum Gasteiger partial charge on any atom is 0.271 e. The van der Waals surface area contributed by atoms with Crippen molar-refractivity contribution >= 4 is 11.4 Å². The van der Waals surface area contributed by atoms with Crippen LogP contribution in [0.1, 0.15) is 26.2 Å². The van der Waals surface area contributed by atoms with Gasteiger partial charge in [0.05, 0.1) is 10.6 Å². The summed E-state index contributed by atoms with van der Waals surface area (Å²) >= 11 is 0. The number of likely N-dealkylation sites (tertiary alicyclic amines) is 1. The Labute approximate surface area is 117 Å². The molecule has 0 aliphatic carbocycles. The number of nitrogens with one attached hydrogen (secondary N) is 1. The maximum absolute atomic E-state index is 13.7. The van der Waals surface area contributed by atoms with Crippen molar-refractivity contribution < 1.29 is 9.31 Å². The Morgan fingerprint density at radius 2 is 2.25 bits per heavy atom. The van der Waals surface area contributed by atoms with Crippen molar-refractivity contribution in [2.24, 2.45) is 0 Å². The first kappa shape index (κ1) is 14.7. The molecule has 5 nitrogen and oxygen atoms in total. The third kappa shape index (κ3) is 3.66. The number of non-ortho nitro benzene ring substituents is 1. The van der Waals surface area contributed by atoms with E-state index in [2.05, 4.69) is 17.1 Å². The highest BCUT2D eigenvalue weighted by molar-refractivity contribution is 5.52. The number of nitro benzene ring substituents is 1. The Kier molecular flexibility index (Phi) is 4.89. The Bertz CT molecular complexity index is 481. The van der Waals surface area contributed by atoms with Gasteiger partial charge >= 0.3 is 0 Å². The molecule has 1 N–H and O–H groups in total. The Hall–Kier alpha value is -1.69. The Morgan fingerprint density at radius 3 is 2.95 bits per heavy atom. The first-order chi connectivity index (χ1) is 9.60. The fourth-order valence-electron chi connectivity index (χ4n) is 2.57. The van der Waals surface area contributed by atoms with Crippen LogP contribution in [-0.2, 0) is 0 Å². The number of rotatable bonds is 4. The van der Waals surface area contributed by atoms with Gasteiger partial charge in [0.15, 0.2) is 0 Å². The molecule has 1 aromatic carbocycles. The van der Waals surface area contributed by atoms with E-state index in [0.29, 0.717) is 0 Å². The van der Waals surface area contributed by atoms with E-state index in [-0.39, 0.29) is 17.4 Å². The van der Waals surface area contributed by atoms with Crippen molar-refractivity contribution in [1.29, 1.82) is 0 Å². The van der Waals surface area contributed by atoms with Gasteiger partial charge in [-0.05, 0) is 38.4 Å². The Morgan fingerprint density at radius 1 is 1.45 bits per heavy atom. The van der Waals surface area contributed by atoms with E-state index in [1.807, 2.05) is 0 Å². The van der Waals surface area contributed by atoms with Gasteiger partial charge in [-0.25, -0.2) is 4.39 Å². The van der Waals surface area contributed by atoms with Gasteiger partial charge in [0.1, 0.15) is 5.82 Å². The Balaban J connectivity index is 2.05. The predicted octanol–water partition coefficient (Wildman–Crippen LogP) is 3.02. The molecule has 1 heterocycles. The number of nitro groups is 1. The molecule has 1 saturated heterocycles. The van der Waals surface area contributed by atoms with Crippen LogP contribution in [0.15, 0.2) is 18.2 Å². The first-order valence-electron chi connectivity index (χ1n) is 7.03. The lowest BCUT2D eigenvalue weighted by molar-refractivity contribution is -0.384. The zero-order valence-corrected chi connectivity index (χ0v) is 11.6. The van der Waals surface area contributed by atoms with Crippen LogP contribution in [0, 0.1) is 15.9 Å². The minimum Gasteiger partial charge on any atom is -0.380 e. The molecule has 1 aliphatic heterocycles. The van der Waals surface area contributed by atoms with Crippen molar-refractivity contribution in [3.8, 4) is 0 Å². The monoisotopic (exact) mass is 281 g/mol. The summed E-state index contributed by atoms with van der Waals surface area (Å²) in [6, 6.07) is 3.78. The molecule has 0 spiro atoms. The van der Waals surface area contributed by atoms with Crippen molar-refractivity contribution in [2.75, 3.05) is 25.0 Å². The van der Waals surface area contributed by atoms with E-state index in [4.69, 9.17) is 0 Å². The van der Waals surface area contributed by atoms with Gasteiger partial charge < -0.3 is 10.2 Å². The van der Waals surface area contributed by atoms with Crippen molar-refractivity contribution in [3.63, 3.8) is 0 Å².